The standard InChI is InChI=1S/C22H26N4OS2/c1-14(2)19-23-20(18-15-6-3-4-7-16(15)29-21(18)24-19)25-9-11-26(12-10-25)22(27)17-8-5-13-28-17/h5,8,13-14H,3-4,6-7,9-12H2,1-2H3. The Labute approximate surface area is 179 Å². The molecule has 1 fully saturated rings. The molecular formula is C22H26N4OS2. The number of piperazine rings is 1. The van der Waals surface area contributed by atoms with Crippen molar-refractivity contribution in [1.82, 2.24) is 14.9 Å². The summed E-state index contributed by atoms with van der Waals surface area (Å²) in [4.78, 5) is 30.5. The van der Waals surface area contributed by atoms with E-state index in [1.165, 1.54) is 46.4 Å². The number of aromatic nitrogens is 2. The van der Waals surface area contributed by atoms with Gasteiger partial charge in [-0.05, 0) is 42.7 Å². The predicted octanol–water partition coefficient (Wildman–Crippen LogP) is 4.72. The lowest BCUT2D eigenvalue weighted by Crippen LogP contribution is -2.49. The molecule has 0 saturated carbocycles. The monoisotopic (exact) mass is 426 g/mol. The third-order valence-electron chi connectivity index (χ3n) is 5.93. The molecular weight excluding hydrogens is 400 g/mol. The minimum absolute atomic E-state index is 0.156. The van der Waals surface area contributed by atoms with Gasteiger partial charge in [0.2, 0.25) is 0 Å². The van der Waals surface area contributed by atoms with E-state index in [9.17, 15) is 4.79 Å². The zero-order valence-corrected chi connectivity index (χ0v) is 18.6. The topological polar surface area (TPSA) is 49.3 Å². The van der Waals surface area contributed by atoms with E-state index in [0.717, 1.165) is 53.9 Å². The van der Waals surface area contributed by atoms with E-state index in [1.54, 1.807) is 0 Å². The molecule has 0 N–H and O–H groups in total. The maximum Gasteiger partial charge on any atom is 0.264 e. The van der Waals surface area contributed by atoms with Crippen molar-refractivity contribution in [2.75, 3.05) is 31.1 Å². The normalized spacial score (nSPS) is 17.2. The van der Waals surface area contributed by atoms with Crippen LogP contribution >= 0.6 is 22.7 Å². The zero-order chi connectivity index (χ0) is 20.0. The molecule has 5 rings (SSSR count). The number of hydrogen-bond donors (Lipinski definition) is 0. The van der Waals surface area contributed by atoms with E-state index in [1.807, 2.05) is 33.7 Å². The van der Waals surface area contributed by atoms with Crippen molar-refractivity contribution in [3.05, 3.63) is 38.7 Å². The van der Waals surface area contributed by atoms with Crippen LogP contribution in [0.15, 0.2) is 17.5 Å². The highest BCUT2D eigenvalue weighted by molar-refractivity contribution is 7.19. The van der Waals surface area contributed by atoms with Gasteiger partial charge in [0.1, 0.15) is 16.5 Å². The molecule has 4 heterocycles. The number of carbonyl (C=O) groups is 1. The van der Waals surface area contributed by atoms with Crippen molar-refractivity contribution in [1.29, 1.82) is 0 Å². The molecule has 0 bridgehead atoms. The van der Waals surface area contributed by atoms with Crippen molar-refractivity contribution in [3.8, 4) is 0 Å². The van der Waals surface area contributed by atoms with Gasteiger partial charge in [-0.3, -0.25) is 4.79 Å². The van der Waals surface area contributed by atoms with Gasteiger partial charge in [0.05, 0.1) is 10.3 Å². The molecule has 0 aromatic carbocycles. The molecule has 1 saturated heterocycles. The molecule has 29 heavy (non-hydrogen) atoms. The highest BCUT2D eigenvalue weighted by Crippen LogP contribution is 2.40. The number of thiophene rings is 2. The first-order valence-electron chi connectivity index (χ1n) is 10.5. The molecule has 1 amide bonds. The Balaban J connectivity index is 1.47. The van der Waals surface area contributed by atoms with Gasteiger partial charge in [0.25, 0.3) is 5.91 Å². The van der Waals surface area contributed by atoms with Crippen LogP contribution in [0.3, 0.4) is 0 Å². The Kier molecular flexibility index (Phi) is 5.04. The summed E-state index contributed by atoms with van der Waals surface area (Å²) in [6.07, 6.45) is 4.86. The van der Waals surface area contributed by atoms with Gasteiger partial charge >= 0.3 is 0 Å². The number of aryl methyl sites for hydroxylation is 2. The van der Waals surface area contributed by atoms with E-state index >= 15 is 0 Å². The number of carbonyl (C=O) groups excluding carboxylic acids is 1. The lowest BCUT2D eigenvalue weighted by atomic mass is 9.96. The van der Waals surface area contributed by atoms with Gasteiger partial charge in [-0.2, -0.15) is 0 Å². The molecule has 0 atom stereocenters. The van der Waals surface area contributed by atoms with Crippen LogP contribution in [-0.4, -0.2) is 47.0 Å². The number of anilines is 1. The van der Waals surface area contributed by atoms with Crippen LogP contribution in [0.5, 0.6) is 0 Å². The van der Waals surface area contributed by atoms with Gasteiger partial charge < -0.3 is 9.80 Å². The molecule has 2 aliphatic rings. The highest BCUT2D eigenvalue weighted by Gasteiger charge is 2.28. The minimum atomic E-state index is 0.156. The smallest absolute Gasteiger partial charge is 0.264 e. The van der Waals surface area contributed by atoms with Crippen LogP contribution in [0.25, 0.3) is 10.2 Å². The van der Waals surface area contributed by atoms with Crippen LogP contribution < -0.4 is 4.90 Å². The Bertz CT molecular complexity index is 1030. The SMILES string of the molecule is CC(C)c1nc(N2CCN(C(=O)c3cccs3)CC2)c2c3c(sc2n1)CCCC3. The summed E-state index contributed by atoms with van der Waals surface area (Å²) in [6.45, 7) is 7.46. The van der Waals surface area contributed by atoms with Crippen LogP contribution in [0.2, 0.25) is 0 Å². The molecule has 1 aliphatic carbocycles. The van der Waals surface area contributed by atoms with Crippen LogP contribution in [0.4, 0.5) is 5.82 Å². The first-order chi connectivity index (χ1) is 14.1. The molecule has 152 valence electrons. The van der Waals surface area contributed by atoms with Crippen molar-refractivity contribution in [3.63, 3.8) is 0 Å². The quantitative estimate of drug-likeness (QED) is 0.608. The van der Waals surface area contributed by atoms with Crippen molar-refractivity contribution in [2.45, 2.75) is 45.4 Å². The fraction of sp³-hybridized carbons (Fsp3) is 0.500. The summed E-state index contributed by atoms with van der Waals surface area (Å²) in [5.41, 5.74) is 1.48. The summed E-state index contributed by atoms with van der Waals surface area (Å²) < 4.78 is 0. The second-order valence-electron chi connectivity index (χ2n) is 8.21. The summed E-state index contributed by atoms with van der Waals surface area (Å²) >= 11 is 3.39. The predicted molar refractivity (Wildman–Crippen MR) is 121 cm³/mol. The number of nitrogens with zero attached hydrogens (tertiary/aromatic N) is 4. The number of amides is 1. The van der Waals surface area contributed by atoms with E-state index in [4.69, 9.17) is 9.97 Å². The Morgan fingerprint density at radius 2 is 1.90 bits per heavy atom. The van der Waals surface area contributed by atoms with Crippen LogP contribution in [-0.2, 0) is 12.8 Å². The zero-order valence-electron chi connectivity index (χ0n) is 17.0. The fourth-order valence-corrected chi connectivity index (χ4v) is 6.27. The first-order valence-corrected chi connectivity index (χ1v) is 12.2. The minimum Gasteiger partial charge on any atom is -0.352 e. The molecule has 7 heteroatoms. The number of fused-ring (bicyclic) bond motifs is 3. The van der Waals surface area contributed by atoms with Crippen molar-refractivity contribution in [2.24, 2.45) is 0 Å². The summed E-state index contributed by atoms with van der Waals surface area (Å²) in [7, 11) is 0. The lowest BCUT2D eigenvalue weighted by molar-refractivity contribution is 0.0751. The molecule has 3 aromatic heterocycles. The molecule has 0 unspecified atom stereocenters. The van der Waals surface area contributed by atoms with Gasteiger partial charge in [0, 0.05) is 37.0 Å². The third kappa shape index (κ3) is 3.44. The van der Waals surface area contributed by atoms with E-state index in [0.29, 0.717) is 5.92 Å². The lowest BCUT2D eigenvalue weighted by Gasteiger charge is -2.36. The second-order valence-corrected chi connectivity index (χ2v) is 10.2. The molecule has 3 aromatic rings. The largest absolute Gasteiger partial charge is 0.352 e. The number of rotatable bonds is 3. The first kappa shape index (κ1) is 19.0. The average Bonchev–Trinajstić information content (AvgIpc) is 3.40. The van der Waals surface area contributed by atoms with E-state index in [-0.39, 0.29) is 5.91 Å². The van der Waals surface area contributed by atoms with Gasteiger partial charge in [-0.1, -0.05) is 19.9 Å². The molecule has 1 aliphatic heterocycles. The van der Waals surface area contributed by atoms with Crippen LogP contribution in [0.1, 0.15) is 58.5 Å². The van der Waals surface area contributed by atoms with Gasteiger partial charge in [-0.15, -0.1) is 22.7 Å². The fourth-order valence-electron chi connectivity index (χ4n) is 4.32. The molecule has 5 nitrogen and oxygen atoms in total. The number of hydrogen-bond acceptors (Lipinski definition) is 6. The van der Waals surface area contributed by atoms with Crippen LogP contribution in [0, 0.1) is 0 Å². The highest BCUT2D eigenvalue weighted by atomic mass is 32.1. The average molecular weight is 427 g/mol. The van der Waals surface area contributed by atoms with Gasteiger partial charge in [-0.25, -0.2) is 9.97 Å². The summed E-state index contributed by atoms with van der Waals surface area (Å²) in [6, 6.07) is 3.86. The summed E-state index contributed by atoms with van der Waals surface area (Å²) in [5, 5.41) is 3.25. The second kappa shape index (κ2) is 7.69. The van der Waals surface area contributed by atoms with Gasteiger partial charge in [0.15, 0.2) is 0 Å². The third-order valence-corrected chi connectivity index (χ3v) is 7.97. The Morgan fingerprint density at radius 3 is 2.62 bits per heavy atom. The molecule has 0 spiro atoms. The van der Waals surface area contributed by atoms with E-state index in [2.05, 4.69) is 18.7 Å². The molecule has 0 radical (unpaired) electrons. The van der Waals surface area contributed by atoms with Crippen molar-refractivity contribution < 1.29 is 4.79 Å². The maximum atomic E-state index is 12.7. The van der Waals surface area contributed by atoms with E-state index < -0.39 is 0 Å². The maximum absolute atomic E-state index is 12.7. The Hall–Kier alpha value is -1.99. The van der Waals surface area contributed by atoms with Crippen molar-refractivity contribution >= 4 is 44.6 Å². The summed E-state index contributed by atoms with van der Waals surface area (Å²) in [5.74, 6) is 2.49. The Morgan fingerprint density at radius 1 is 1.10 bits per heavy atom.